The van der Waals surface area contributed by atoms with E-state index in [1.165, 1.54) is 12.8 Å². The Kier molecular flexibility index (Phi) is 4.53. The lowest BCUT2D eigenvalue weighted by atomic mass is 10.2. The average molecular weight is 306 g/mol. The van der Waals surface area contributed by atoms with Crippen molar-refractivity contribution in [1.82, 2.24) is 10.3 Å². The third kappa shape index (κ3) is 3.86. The standard InChI is InChI=1S/C18H18N4O/c19-10-13-4-3-7-16(8-13)21-17-9-14(11-20-12-17)18(23)22-15-5-1-2-6-15/h3-4,7-9,11-12,15,21H,1-2,5-6H2,(H,22,23). The van der Waals surface area contributed by atoms with Gasteiger partial charge in [-0.15, -0.1) is 0 Å². The summed E-state index contributed by atoms with van der Waals surface area (Å²) in [6, 6.07) is 11.3. The van der Waals surface area contributed by atoms with Crippen molar-refractivity contribution in [2.45, 2.75) is 31.7 Å². The molecule has 0 unspecified atom stereocenters. The van der Waals surface area contributed by atoms with Crippen molar-refractivity contribution in [3.8, 4) is 6.07 Å². The summed E-state index contributed by atoms with van der Waals surface area (Å²) in [5.41, 5.74) is 2.63. The van der Waals surface area contributed by atoms with E-state index in [2.05, 4.69) is 21.7 Å². The molecule has 1 fully saturated rings. The van der Waals surface area contributed by atoms with Crippen molar-refractivity contribution >= 4 is 17.3 Å². The van der Waals surface area contributed by atoms with E-state index in [1.807, 2.05) is 12.1 Å². The molecule has 116 valence electrons. The minimum absolute atomic E-state index is 0.0844. The number of nitriles is 1. The fourth-order valence-electron chi connectivity index (χ4n) is 2.80. The highest BCUT2D eigenvalue weighted by Gasteiger charge is 2.18. The second kappa shape index (κ2) is 6.93. The molecule has 1 aromatic carbocycles. The summed E-state index contributed by atoms with van der Waals surface area (Å²) in [7, 11) is 0. The topological polar surface area (TPSA) is 77.8 Å². The predicted molar refractivity (Wildman–Crippen MR) is 88.4 cm³/mol. The monoisotopic (exact) mass is 306 g/mol. The second-order valence-corrected chi connectivity index (χ2v) is 5.73. The van der Waals surface area contributed by atoms with Gasteiger partial charge in [0.2, 0.25) is 0 Å². The van der Waals surface area contributed by atoms with Crippen LogP contribution in [0.2, 0.25) is 0 Å². The van der Waals surface area contributed by atoms with Crippen LogP contribution < -0.4 is 10.6 Å². The van der Waals surface area contributed by atoms with Crippen molar-refractivity contribution in [2.24, 2.45) is 0 Å². The molecule has 2 aromatic rings. The van der Waals surface area contributed by atoms with Crippen molar-refractivity contribution in [3.05, 3.63) is 53.9 Å². The molecule has 1 amide bonds. The van der Waals surface area contributed by atoms with E-state index >= 15 is 0 Å². The van der Waals surface area contributed by atoms with Crippen LogP contribution in [-0.4, -0.2) is 16.9 Å². The van der Waals surface area contributed by atoms with Crippen LogP contribution in [-0.2, 0) is 0 Å². The fourth-order valence-corrected chi connectivity index (χ4v) is 2.80. The summed E-state index contributed by atoms with van der Waals surface area (Å²) < 4.78 is 0. The van der Waals surface area contributed by atoms with Crippen LogP contribution in [0, 0.1) is 11.3 Å². The Labute approximate surface area is 135 Å². The number of anilines is 2. The molecule has 23 heavy (non-hydrogen) atoms. The number of nitrogens with zero attached hydrogens (tertiary/aromatic N) is 2. The second-order valence-electron chi connectivity index (χ2n) is 5.73. The number of carbonyl (C=O) groups excluding carboxylic acids is 1. The molecule has 5 heteroatoms. The van der Waals surface area contributed by atoms with Crippen LogP contribution in [0.4, 0.5) is 11.4 Å². The lowest BCUT2D eigenvalue weighted by molar-refractivity contribution is 0.0937. The van der Waals surface area contributed by atoms with Gasteiger partial charge in [0.05, 0.1) is 29.1 Å². The van der Waals surface area contributed by atoms with Crippen molar-refractivity contribution in [1.29, 1.82) is 5.26 Å². The zero-order valence-corrected chi connectivity index (χ0v) is 12.7. The molecule has 1 aromatic heterocycles. The molecule has 1 saturated carbocycles. The van der Waals surface area contributed by atoms with E-state index in [0.29, 0.717) is 11.1 Å². The summed E-state index contributed by atoms with van der Waals surface area (Å²) >= 11 is 0. The van der Waals surface area contributed by atoms with Crippen molar-refractivity contribution in [3.63, 3.8) is 0 Å². The first kappa shape index (κ1) is 15.0. The molecule has 0 saturated heterocycles. The normalized spacial score (nSPS) is 14.2. The van der Waals surface area contributed by atoms with Gasteiger partial charge in [0.25, 0.3) is 5.91 Å². The van der Waals surface area contributed by atoms with Crippen molar-refractivity contribution < 1.29 is 4.79 Å². The van der Waals surface area contributed by atoms with Crippen LogP contribution in [0.25, 0.3) is 0 Å². The Morgan fingerprint density at radius 2 is 2.00 bits per heavy atom. The van der Waals surface area contributed by atoms with Crippen LogP contribution in [0.1, 0.15) is 41.6 Å². The highest BCUT2D eigenvalue weighted by atomic mass is 16.1. The van der Waals surface area contributed by atoms with Crippen LogP contribution >= 0.6 is 0 Å². The molecule has 0 atom stereocenters. The molecule has 3 rings (SSSR count). The molecule has 5 nitrogen and oxygen atoms in total. The van der Waals surface area contributed by atoms with Crippen molar-refractivity contribution in [2.75, 3.05) is 5.32 Å². The molecular weight excluding hydrogens is 288 g/mol. The van der Waals surface area contributed by atoms with Gasteiger partial charge in [0, 0.05) is 17.9 Å². The lowest BCUT2D eigenvalue weighted by Gasteiger charge is -2.12. The van der Waals surface area contributed by atoms with E-state index in [1.54, 1.807) is 30.6 Å². The molecule has 0 aliphatic heterocycles. The van der Waals surface area contributed by atoms with E-state index in [9.17, 15) is 4.79 Å². The van der Waals surface area contributed by atoms with Gasteiger partial charge in [-0.1, -0.05) is 18.9 Å². The predicted octanol–water partition coefficient (Wildman–Crippen LogP) is 3.37. The highest BCUT2D eigenvalue weighted by molar-refractivity contribution is 5.95. The van der Waals surface area contributed by atoms with Gasteiger partial charge in [-0.25, -0.2) is 0 Å². The Morgan fingerprint density at radius 3 is 2.78 bits per heavy atom. The maximum Gasteiger partial charge on any atom is 0.253 e. The molecule has 1 aliphatic rings. The van der Waals surface area contributed by atoms with Gasteiger partial charge in [0.15, 0.2) is 0 Å². The smallest absolute Gasteiger partial charge is 0.253 e. The summed E-state index contributed by atoms with van der Waals surface area (Å²) in [6.45, 7) is 0. The number of amides is 1. The number of carbonyl (C=O) groups is 1. The van der Waals surface area contributed by atoms with Crippen LogP contribution in [0.3, 0.4) is 0 Å². The van der Waals surface area contributed by atoms with Crippen LogP contribution in [0.5, 0.6) is 0 Å². The first-order valence-corrected chi connectivity index (χ1v) is 7.78. The Morgan fingerprint density at radius 1 is 1.17 bits per heavy atom. The third-order valence-corrected chi connectivity index (χ3v) is 3.97. The first-order valence-electron chi connectivity index (χ1n) is 7.78. The highest BCUT2D eigenvalue weighted by Crippen LogP contribution is 2.20. The van der Waals surface area contributed by atoms with Gasteiger partial charge in [-0.3, -0.25) is 9.78 Å². The minimum atomic E-state index is -0.0844. The maximum atomic E-state index is 12.3. The molecular formula is C18H18N4O. The third-order valence-electron chi connectivity index (χ3n) is 3.97. The maximum absolute atomic E-state index is 12.3. The van der Waals surface area contributed by atoms with Gasteiger partial charge in [0.1, 0.15) is 0 Å². The van der Waals surface area contributed by atoms with E-state index in [-0.39, 0.29) is 11.9 Å². The van der Waals surface area contributed by atoms with Gasteiger partial charge < -0.3 is 10.6 Å². The quantitative estimate of drug-likeness (QED) is 0.908. The number of hydrogen-bond acceptors (Lipinski definition) is 4. The summed E-state index contributed by atoms with van der Waals surface area (Å²) in [5, 5.41) is 15.2. The molecule has 0 radical (unpaired) electrons. The molecule has 0 bridgehead atoms. The van der Waals surface area contributed by atoms with Gasteiger partial charge in [-0.2, -0.15) is 5.26 Å². The number of rotatable bonds is 4. The Hall–Kier alpha value is -2.87. The van der Waals surface area contributed by atoms with E-state index in [0.717, 1.165) is 24.2 Å². The average Bonchev–Trinajstić information content (AvgIpc) is 3.08. The molecule has 1 heterocycles. The number of aromatic nitrogens is 1. The molecule has 1 aliphatic carbocycles. The van der Waals surface area contributed by atoms with Crippen LogP contribution in [0.15, 0.2) is 42.7 Å². The van der Waals surface area contributed by atoms with E-state index < -0.39 is 0 Å². The zero-order valence-electron chi connectivity index (χ0n) is 12.7. The fraction of sp³-hybridized carbons (Fsp3) is 0.278. The summed E-state index contributed by atoms with van der Waals surface area (Å²) in [4.78, 5) is 16.4. The number of benzene rings is 1. The number of pyridine rings is 1. The number of nitrogens with one attached hydrogen (secondary N) is 2. The summed E-state index contributed by atoms with van der Waals surface area (Å²) in [5.74, 6) is -0.0844. The largest absolute Gasteiger partial charge is 0.354 e. The van der Waals surface area contributed by atoms with E-state index in [4.69, 9.17) is 5.26 Å². The van der Waals surface area contributed by atoms with Gasteiger partial charge in [-0.05, 0) is 37.1 Å². The summed E-state index contributed by atoms with van der Waals surface area (Å²) in [6.07, 6.45) is 7.70. The van der Waals surface area contributed by atoms with Gasteiger partial charge >= 0.3 is 0 Å². The molecule has 0 spiro atoms. The minimum Gasteiger partial charge on any atom is -0.354 e. The zero-order chi connectivity index (χ0) is 16.1. The molecule has 2 N–H and O–H groups in total. The Bertz CT molecular complexity index is 745. The lowest BCUT2D eigenvalue weighted by Crippen LogP contribution is -2.32. The Balaban J connectivity index is 1.71. The number of hydrogen-bond donors (Lipinski definition) is 2. The SMILES string of the molecule is N#Cc1cccc(Nc2cncc(C(=O)NC3CCCC3)c2)c1. The first-order chi connectivity index (χ1) is 11.2.